The van der Waals surface area contributed by atoms with Crippen LogP contribution in [0.25, 0.3) is 0 Å². The van der Waals surface area contributed by atoms with Crippen LogP contribution in [0.2, 0.25) is 5.02 Å². The van der Waals surface area contributed by atoms with E-state index in [-0.39, 0.29) is 0 Å². The second kappa shape index (κ2) is 6.15. The van der Waals surface area contributed by atoms with Gasteiger partial charge in [-0.15, -0.1) is 0 Å². The zero-order valence-corrected chi connectivity index (χ0v) is 12.5. The van der Waals surface area contributed by atoms with E-state index in [4.69, 9.17) is 11.6 Å². The predicted molar refractivity (Wildman–Crippen MR) is 83.7 cm³/mol. The number of rotatable bonds is 5. The highest BCUT2D eigenvalue weighted by atomic mass is 35.5. The van der Waals surface area contributed by atoms with E-state index in [0.717, 1.165) is 17.5 Å². The smallest absolute Gasteiger partial charge is 0.229 e. The van der Waals surface area contributed by atoms with Crippen LogP contribution >= 0.6 is 11.6 Å². The monoisotopic (exact) mass is 310 g/mol. The van der Waals surface area contributed by atoms with Gasteiger partial charge in [-0.1, -0.05) is 41.9 Å². The Balaban J connectivity index is 2.06. The van der Waals surface area contributed by atoms with Gasteiger partial charge in [0, 0.05) is 12.2 Å². The van der Waals surface area contributed by atoms with Crippen LogP contribution < -0.4 is 10.0 Å². The normalized spacial score (nSPS) is 11.1. The Morgan fingerprint density at radius 3 is 2.40 bits per heavy atom. The topological polar surface area (TPSA) is 58.2 Å². The Kier molecular flexibility index (Phi) is 4.52. The maximum absolute atomic E-state index is 11.2. The molecule has 0 bridgehead atoms. The van der Waals surface area contributed by atoms with E-state index in [1.54, 1.807) is 18.2 Å². The molecule has 2 aromatic carbocycles. The Morgan fingerprint density at radius 2 is 1.80 bits per heavy atom. The van der Waals surface area contributed by atoms with Crippen molar-refractivity contribution in [2.24, 2.45) is 0 Å². The fraction of sp³-hybridized carbons (Fsp3) is 0.143. The van der Waals surface area contributed by atoms with Gasteiger partial charge in [-0.2, -0.15) is 0 Å². The van der Waals surface area contributed by atoms with Crippen LogP contribution in [0.4, 0.5) is 11.4 Å². The molecule has 0 aliphatic carbocycles. The van der Waals surface area contributed by atoms with Crippen molar-refractivity contribution in [3.63, 3.8) is 0 Å². The second-order valence-corrected chi connectivity index (χ2v) is 6.56. The summed E-state index contributed by atoms with van der Waals surface area (Å²) >= 11 is 6.05. The Bertz CT molecular complexity index is 688. The van der Waals surface area contributed by atoms with Gasteiger partial charge in [-0.25, -0.2) is 8.42 Å². The summed E-state index contributed by atoms with van der Waals surface area (Å²) in [5.74, 6) is 0. The summed E-state index contributed by atoms with van der Waals surface area (Å²) in [7, 11) is -3.32. The summed E-state index contributed by atoms with van der Waals surface area (Å²) in [5.41, 5.74) is 2.36. The number of benzene rings is 2. The molecule has 0 aliphatic heterocycles. The lowest BCUT2D eigenvalue weighted by Crippen LogP contribution is -2.10. The third kappa shape index (κ3) is 4.43. The SMILES string of the molecule is CS(=O)(=O)Nc1ccc(NCc2ccccc2)cc1Cl. The van der Waals surface area contributed by atoms with Crippen molar-refractivity contribution in [3.05, 3.63) is 59.1 Å². The van der Waals surface area contributed by atoms with Crippen LogP contribution in [-0.2, 0) is 16.6 Å². The van der Waals surface area contributed by atoms with Crippen LogP contribution in [0.3, 0.4) is 0 Å². The second-order valence-electron chi connectivity index (χ2n) is 4.41. The average Bonchev–Trinajstić information content (AvgIpc) is 2.39. The molecule has 0 saturated carbocycles. The molecular weight excluding hydrogens is 296 g/mol. The van der Waals surface area contributed by atoms with Crippen LogP contribution in [0.15, 0.2) is 48.5 Å². The fourth-order valence-corrected chi connectivity index (χ4v) is 2.57. The zero-order valence-electron chi connectivity index (χ0n) is 10.9. The lowest BCUT2D eigenvalue weighted by molar-refractivity contribution is 0.607. The van der Waals surface area contributed by atoms with Gasteiger partial charge < -0.3 is 5.32 Å². The Hall–Kier alpha value is -1.72. The molecule has 0 heterocycles. The summed E-state index contributed by atoms with van der Waals surface area (Å²) < 4.78 is 24.7. The molecule has 0 aromatic heterocycles. The molecule has 0 unspecified atom stereocenters. The van der Waals surface area contributed by atoms with E-state index in [1.807, 2.05) is 30.3 Å². The van der Waals surface area contributed by atoms with E-state index < -0.39 is 10.0 Å². The average molecular weight is 311 g/mol. The number of hydrogen-bond donors (Lipinski definition) is 2. The molecule has 0 amide bonds. The van der Waals surface area contributed by atoms with E-state index in [1.165, 1.54) is 0 Å². The maximum atomic E-state index is 11.2. The molecule has 0 aliphatic rings. The van der Waals surface area contributed by atoms with Gasteiger partial charge in [-0.3, -0.25) is 4.72 Å². The number of hydrogen-bond acceptors (Lipinski definition) is 3. The molecule has 20 heavy (non-hydrogen) atoms. The van der Waals surface area contributed by atoms with E-state index >= 15 is 0 Å². The molecular formula is C14H15ClN2O2S. The summed E-state index contributed by atoms with van der Waals surface area (Å²) in [4.78, 5) is 0. The largest absolute Gasteiger partial charge is 0.381 e. The van der Waals surface area contributed by atoms with E-state index in [0.29, 0.717) is 17.3 Å². The standard InChI is InChI=1S/C14H15ClN2O2S/c1-20(18,19)17-14-8-7-12(9-13(14)15)16-10-11-5-3-2-4-6-11/h2-9,16-17H,10H2,1H3. The molecule has 2 N–H and O–H groups in total. The molecule has 0 radical (unpaired) electrons. The van der Waals surface area contributed by atoms with Crippen LogP contribution in [0, 0.1) is 0 Å². The maximum Gasteiger partial charge on any atom is 0.229 e. The molecule has 0 atom stereocenters. The minimum Gasteiger partial charge on any atom is -0.381 e. The van der Waals surface area contributed by atoms with Gasteiger partial charge in [0.1, 0.15) is 0 Å². The minimum atomic E-state index is -3.32. The lowest BCUT2D eigenvalue weighted by Gasteiger charge is -2.10. The highest BCUT2D eigenvalue weighted by Gasteiger charge is 2.06. The van der Waals surface area contributed by atoms with Crippen LogP contribution in [0.1, 0.15) is 5.56 Å². The van der Waals surface area contributed by atoms with Gasteiger partial charge in [0.15, 0.2) is 0 Å². The van der Waals surface area contributed by atoms with Gasteiger partial charge >= 0.3 is 0 Å². The van der Waals surface area contributed by atoms with Crippen molar-refractivity contribution in [2.45, 2.75) is 6.54 Å². The summed E-state index contributed by atoms with van der Waals surface area (Å²) in [6.45, 7) is 0.677. The third-order valence-electron chi connectivity index (χ3n) is 2.60. The van der Waals surface area contributed by atoms with Crippen molar-refractivity contribution in [1.82, 2.24) is 0 Å². The number of halogens is 1. The first-order chi connectivity index (χ1) is 9.44. The lowest BCUT2D eigenvalue weighted by atomic mass is 10.2. The number of nitrogens with one attached hydrogen (secondary N) is 2. The quantitative estimate of drug-likeness (QED) is 0.890. The van der Waals surface area contributed by atoms with Gasteiger partial charge in [0.25, 0.3) is 0 Å². The summed E-state index contributed by atoms with van der Waals surface area (Å²) in [6.07, 6.45) is 1.09. The van der Waals surface area contributed by atoms with Crippen molar-refractivity contribution in [3.8, 4) is 0 Å². The molecule has 0 saturated heterocycles. The fourth-order valence-electron chi connectivity index (χ4n) is 1.71. The number of sulfonamides is 1. The van der Waals surface area contributed by atoms with E-state index in [9.17, 15) is 8.42 Å². The van der Waals surface area contributed by atoms with Crippen LogP contribution in [-0.4, -0.2) is 14.7 Å². The molecule has 106 valence electrons. The number of anilines is 2. The van der Waals surface area contributed by atoms with Crippen LogP contribution in [0.5, 0.6) is 0 Å². The molecule has 0 spiro atoms. The molecule has 2 aromatic rings. The Morgan fingerprint density at radius 1 is 1.10 bits per heavy atom. The minimum absolute atomic E-state index is 0.355. The molecule has 6 heteroatoms. The molecule has 2 rings (SSSR count). The predicted octanol–water partition coefficient (Wildman–Crippen LogP) is 3.32. The molecule has 0 fully saturated rings. The summed E-state index contributed by atoms with van der Waals surface area (Å²) in [5, 5.41) is 3.59. The molecule has 4 nitrogen and oxygen atoms in total. The Labute approximate surface area is 123 Å². The zero-order chi connectivity index (χ0) is 14.6. The van der Waals surface area contributed by atoms with Crippen molar-refractivity contribution in [2.75, 3.05) is 16.3 Å². The van der Waals surface area contributed by atoms with Crippen molar-refractivity contribution in [1.29, 1.82) is 0 Å². The van der Waals surface area contributed by atoms with Crippen molar-refractivity contribution >= 4 is 33.0 Å². The highest BCUT2D eigenvalue weighted by Crippen LogP contribution is 2.26. The van der Waals surface area contributed by atoms with Crippen molar-refractivity contribution < 1.29 is 8.42 Å². The van der Waals surface area contributed by atoms with Gasteiger partial charge in [0.2, 0.25) is 10.0 Å². The van der Waals surface area contributed by atoms with Gasteiger partial charge in [-0.05, 0) is 23.8 Å². The first kappa shape index (κ1) is 14.7. The summed E-state index contributed by atoms with van der Waals surface area (Å²) in [6, 6.07) is 15.1. The first-order valence-electron chi connectivity index (χ1n) is 5.99. The van der Waals surface area contributed by atoms with Gasteiger partial charge in [0.05, 0.1) is 17.0 Å². The first-order valence-corrected chi connectivity index (χ1v) is 8.26. The third-order valence-corrected chi connectivity index (χ3v) is 3.51. The van der Waals surface area contributed by atoms with E-state index in [2.05, 4.69) is 10.0 Å². The highest BCUT2D eigenvalue weighted by molar-refractivity contribution is 7.92.